The van der Waals surface area contributed by atoms with Crippen LogP contribution in [0.5, 0.6) is 0 Å². The molecule has 1 saturated heterocycles. The molecule has 0 unspecified atom stereocenters. The molecule has 0 spiro atoms. The van der Waals surface area contributed by atoms with Crippen LogP contribution in [0.3, 0.4) is 0 Å². The zero-order valence-corrected chi connectivity index (χ0v) is 9.52. The van der Waals surface area contributed by atoms with Gasteiger partial charge >= 0.3 is 0 Å². The average molecular weight is 290 g/mol. The highest BCUT2D eigenvalue weighted by atomic mass is 127. The average Bonchev–Trinajstić information content (AvgIpc) is 2.01. The van der Waals surface area contributed by atoms with E-state index in [9.17, 15) is 0 Å². The molecule has 1 aromatic heterocycles. The van der Waals surface area contributed by atoms with Gasteiger partial charge in [-0.3, -0.25) is 0 Å². The normalized spacial score (nSPS) is 16.8. The maximum absolute atomic E-state index is 4.26. The van der Waals surface area contributed by atoms with Gasteiger partial charge in [0.15, 0.2) is 0 Å². The van der Waals surface area contributed by atoms with Crippen LogP contribution in [0.1, 0.15) is 0 Å². The Morgan fingerprint density at radius 3 is 2.92 bits per heavy atom. The minimum atomic E-state index is 0.586. The molecule has 1 aromatic rings. The van der Waals surface area contributed by atoms with E-state index in [1.165, 1.54) is 0 Å². The van der Waals surface area contributed by atoms with Gasteiger partial charge in [-0.15, -0.1) is 0 Å². The molecular formula is C8H11IN4. The monoisotopic (exact) mass is 290 g/mol. The van der Waals surface area contributed by atoms with E-state index in [-0.39, 0.29) is 0 Å². The highest BCUT2D eigenvalue weighted by Gasteiger charge is 2.23. The Hall–Kier alpha value is -0.430. The number of aromatic nitrogens is 2. The van der Waals surface area contributed by atoms with Crippen LogP contribution in [-0.2, 0) is 0 Å². The molecule has 4 nitrogen and oxygen atoms in total. The number of halogens is 1. The molecule has 70 valence electrons. The maximum atomic E-state index is 4.26. The van der Waals surface area contributed by atoms with E-state index >= 15 is 0 Å². The van der Waals surface area contributed by atoms with Crippen LogP contribution in [0.2, 0.25) is 0 Å². The molecule has 0 atom stereocenters. The lowest BCUT2D eigenvalue weighted by atomic mass is 10.1. The highest BCUT2D eigenvalue weighted by molar-refractivity contribution is 14.1. The Morgan fingerprint density at radius 1 is 1.62 bits per heavy atom. The van der Waals surface area contributed by atoms with Gasteiger partial charge in [0.05, 0.1) is 9.61 Å². The predicted octanol–water partition coefficient (Wildman–Crippen LogP) is 0.489. The number of nitrogens with one attached hydrogen (secondary N) is 1. The summed E-state index contributed by atoms with van der Waals surface area (Å²) in [6.45, 7) is 2.10. The minimum Gasteiger partial charge on any atom is -0.353 e. The zero-order chi connectivity index (χ0) is 9.26. The molecule has 0 aromatic carbocycles. The third-order valence-corrected chi connectivity index (χ3v) is 3.05. The molecule has 13 heavy (non-hydrogen) atoms. The Kier molecular flexibility index (Phi) is 2.63. The minimum absolute atomic E-state index is 0.586. The Balaban J connectivity index is 2.18. The summed E-state index contributed by atoms with van der Waals surface area (Å²) < 4.78 is 1.11. The van der Waals surface area contributed by atoms with Crippen molar-refractivity contribution in [2.45, 2.75) is 6.04 Å². The number of hydrogen-bond donors (Lipinski definition) is 1. The summed E-state index contributed by atoms with van der Waals surface area (Å²) in [5.41, 5.74) is 0. The predicted molar refractivity (Wildman–Crippen MR) is 59.8 cm³/mol. The van der Waals surface area contributed by atoms with Crippen molar-refractivity contribution in [2.24, 2.45) is 0 Å². The van der Waals surface area contributed by atoms with E-state index in [0.29, 0.717) is 6.04 Å². The molecule has 1 N–H and O–H groups in total. The molecule has 1 fully saturated rings. The van der Waals surface area contributed by atoms with Gasteiger partial charge in [0.25, 0.3) is 0 Å². The van der Waals surface area contributed by atoms with Crippen molar-refractivity contribution in [3.8, 4) is 0 Å². The summed E-state index contributed by atoms with van der Waals surface area (Å²) in [5.74, 6) is 1.03. The SMILES string of the molecule is CN(c1ncncc1I)C1CNC1. The number of likely N-dealkylation sites (N-methyl/N-ethyl adjacent to an activating group) is 1. The van der Waals surface area contributed by atoms with Gasteiger partial charge in [-0.1, -0.05) is 0 Å². The van der Waals surface area contributed by atoms with Crippen molar-refractivity contribution in [2.75, 3.05) is 25.0 Å². The number of nitrogens with zero attached hydrogens (tertiary/aromatic N) is 3. The molecular weight excluding hydrogens is 279 g/mol. The molecule has 0 radical (unpaired) electrons. The van der Waals surface area contributed by atoms with Crippen LogP contribution in [0.25, 0.3) is 0 Å². The Bertz CT molecular complexity index is 300. The van der Waals surface area contributed by atoms with Gasteiger partial charge < -0.3 is 10.2 Å². The summed E-state index contributed by atoms with van der Waals surface area (Å²) in [7, 11) is 2.08. The summed E-state index contributed by atoms with van der Waals surface area (Å²) in [4.78, 5) is 10.4. The van der Waals surface area contributed by atoms with E-state index < -0.39 is 0 Å². The third-order valence-electron chi connectivity index (χ3n) is 2.29. The molecule has 1 aliphatic rings. The third kappa shape index (κ3) is 1.76. The molecule has 0 amide bonds. The first-order valence-corrected chi connectivity index (χ1v) is 5.26. The maximum Gasteiger partial charge on any atom is 0.145 e. The first-order valence-electron chi connectivity index (χ1n) is 4.18. The second kappa shape index (κ2) is 3.75. The van der Waals surface area contributed by atoms with E-state index in [2.05, 4.69) is 49.8 Å². The lowest BCUT2D eigenvalue weighted by Gasteiger charge is -2.36. The standard InChI is InChI=1S/C8H11IN4/c1-13(6-2-10-3-6)8-7(9)4-11-5-12-8/h4-6,10H,2-3H2,1H3. The summed E-state index contributed by atoms with van der Waals surface area (Å²) >= 11 is 2.26. The van der Waals surface area contributed by atoms with Gasteiger partial charge in [0.2, 0.25) is 0 Å². The van der Waals surface area contributed by atoms with Crippen molar-refractivity contribution < 1.29 is 0 Å². The molecule has 2 heterocycles. The summed E-state index contributed by atoms with van der Waals surface area (Å²) in [5, 5.41) is 3.24. The van der Waals surface area contributed by atoms with Crippen LogP contribution in [0.4, 0.5) is 5.82 Å². The van der Waals surface area contributed by atoms with E-state index in [4.69, 9.17) is 0 Å². The van der Waals surface area contributed by atoms with Crippen molar-refractivity contribution >= 4 is 28.4 Å². The quantitative estimate of drug-likeness (QED) is 0.805. The van der Waals surface area contributed by atoms with Crippen LogP contribution in [-0.4, -0.2) is 36.1 Å². The van der Waals surface area contributed by atoms with Crippen LogP contribution < -0.4 is 10.2 Å². The van der Waals surface area contributed by atoms with Crippen LogP contribution in [0.15, 0.2) is 12.5 Å². The lowest BCUT2D eigenvalue weighted by molar-refractivity contribution is 0.426. The van der Waals surface area contributed by atoms with Crippen LogP contribution in [0, 0.1) is 3.57 Å². The van der Waals surface area contributed by atoms with Gasteiger partial charge in [0.1, 0.15) is 12.1 Å². The first kappa shape index (κ1) is 9.14. The summed E-state index contributed by atoms with van der Waals surface area (Å²) in [6.07, 6.45) is 3.44. The van der Waals surface area contributed by atoms with Crippen LogP contribution >= 0.6 is 22.6 Å². The molecule has 1 aliphatic heterocycles. The van der Waals surface area contributed by atoms with Crippen molar-refractivity contribution in [3.63, 3.8) is 0 Å². The Labute approximate surface area is 90.9 Å². The number of rotatable bonds is 2. The van der Waals surface area contributed by atoms with E-state index in [1.807, 2.05) is 6.20 Å². The van der Waals surface area contributed by atoms with Crippen molar-refractivity contribution in [3.05, 3.63) is 16.1 Å². The molecule has 0 aliphatic carbocycles. The van der Waals surface area contributed by atoms with Crippen molar-refractivity contribution in [1.82, 2.24) is 15.3 Å². The molecule has 5 heteroatoms. The van der Waals surface area contributed by atoms with Gasteiger partial charge in [-0.2, -0.15) is 0 Å². The molecule has 2 rings (SSSR count). The zero-order valence-electron chi connectivity index (χ0n) is 7.37. The fourth-order valence-electron chi connectivity index (χ4n) is 1.29. The highest BCUT2D eigenvalue weighted by Crippen LogP contribution is 2.19. The summed E-state index contributed by atoms with van der Waals surface area (Å²) in [6, 6.07) is 0.586. The van der Waals surface area contributed by atoms with Gasteiger partial charge in [0, 0.05) is 26.3 Å². The number of hydrogen-bond acceptors (Lipinski definition) is 4. The largest absolute Gasteiger partial charge is 0.353 e. The van der Waals surface area contributed by atoms with Gasteiger partial charge in [-0.05, 0) is 22.6 Å². The molecule has 0 saturated carbocycles. The van der Waals surface area contributed by atoms with Gasteiger partial charge in [-0.25, -0.2) is 9.97 Å². The van der Waals surface area contributed by atoms with Crippen molar-refractivity contribution in [1.29, 1.82) is 0 Å². The number of anilines is 1. The van der Waals surface area contributed by atoms with E-state index in [0.717, 1.165) is 22.5 Å². The second-order valence-corrected chi connectivity index (χ2v) is 4.28. The molecule has 0 bridgehead atoms. The van der Waals surface area contributed by atoms with E-state index in [1.54, 1.807) is 6.33 Å². The first-order chi connectivity index (χ1) is 6.29. The Morgan fingerprint density at radius 2 is 2.38 bits per heavy atom. The fraction of sp³-hybridized carbons (Fsp3) is 0.500. The smallest absolute Gasteiger partial charge is 0.145 e. The fourth-order valence-corrected chi connectivity index (χ4v) is 1.97. The second-order valence-electron chi connectivity index (χ2n) is 3.12. The lowest BCUT2D eigenvalue weighted by Crippen LogP contribution is -2.56. The topological polar surface area (TPSA) is 41.1 Å².